The summed E-state index contributed by atoms with van der Waals surface area (Å²) in [7, 11) is 0. The Morgan fingerprint density at radius 3 is 2.57 bits per heavy atom. The molecule has 4 nitrogen and oxygen atoms in total. The third kappa shape index (κ3) is 4.95. The molecule has 2 unspecified atom stereocenters. The first-order valence-electron chi connectivity index (χ1n) is 8.68. The summed E-state index contributed by atoms with van der Waals surface area (Å²) in [5.41, 5.74) is -0.391. The zero-order valence-corrected chi connectivity index (χ0v) is 14.1. The van der Waals surface area contributed by atoms with Crippen LogP contribution in [0.4, 0.5) is 0 Å². The van der Waals surface area contributed by atoms with Crippen molar-refractivity contribution in [2.24, 2.45) is 0 Å². The van der Waals surface area contributed by atoms with Crippen LogP contribution >= 0.6 is 0 Å². The van der Waals surface area contributed by atoms with Crippen molar-refractivity contribution in [3.05, 3.63) is 0 Å². The number of nitriles is 1. The molecule has 2 atom stereocenters. The van der Waals surface area contributed by atoms with Crippen LogP contribution in [0.1, 0.15) is 52.9 Å². The average molecular weight is 292 g/mol. The third-order valence-corrected chi connectivity index (χ3v) is 4.94. The lowest BCUT2D eigenvalue weighted by Gasteiger charge is -2.32. The van der Waals surface area contributed by atoms with Gasteiger partial charge in [-0.15, -0.1) is 0 Å². The Hall–Kier alpha value is -0.630. The van der Waals surface area contributed by atoms with Gasteiger partial charge in [0.15, 0.2) is 0 Å². The van der Waals surface area contributed by atoms with Gasteiger partial charge in [0, 0.05) is 25.2 Å². The number of nitrogens with one attached hydrogen (secondary N) is 1. The number of rotatable bonds is 6. The monoisotopic (exact) mass is 292 g/mol. The molecule has 0 aromatic carbocycles. The summed E-state index contributed by atoms with van der Waals surface area (Å²) in [6.07, 6.45) is 6.38. The second kappa shape index (κ2) is 7.58. The topological polar surface area (TPSA) is 42.3 Å². The number of piperidine rings is 1. The molecular weight excluding hydrogens is 260 g/mol. The summed E-state index contributed by atoms with van der Waals surface area (Å²) in [4.78, 5) is 5.25. The Labute approximate surface area is 130 Å². The maximum atomic E-state index is 9.42. The molecular formula is C17H32N4. The minimum atomic E-state index is -0.391. The molecule has 0 saturated carbocycles. The van der Waals surface area contributed by atoms with Crippen LogP contribution < -0.4 is 5.32 Å². The van der Waals surface area contributed by atoms with Gasteiger partial charge < -0.3 is 4.90 Å². The fourth-order valence-corrected chi connectivity index (χ4v) is 3.78. The van der Waals surface area contributed by atoms with Gasteiger partial charge in [0.25, 0.3) is 0 Å². The van der Waals surface area contributed by atoms with Crippen LogP contribution in [0, 0.1) is 11.3 Å². The van der Waals surface area contributed by atoms with Crippen LogP contribution in [0.2, 0.25) is 0 Å². The summed E-state index contributed by atoms with van der Waals surface area (Å²) >= 11 is 0. The maximum absolute atomic E-state index is 9.42. The van der Waals surface area contributed by atoms with Crippen molar-refractivity contribution < 1.29 is 0 Å². The molecule has 120 valence electrons. The summed E-state index contributed by atoms with van der Waals surface area (Å²) in [6.45, 7) is 12.3. The van der Waals surface area contributed by atoms with Crippen LogP contribution in [0.25, 0.3) is 0 Å². The van der Waals surface area contributed by atoms with Gasteiger partial charge in [-0.3, -0.25) is 10.2 Å². The minimum absolute atomic E-state index is 0.356. The molecule has 2 aliphatic rings. The predicted molar refractivity (Wildman–Crippen MR) is 87.2 cm³/mol. The average Bonchev–Trinajstić information content (AvgIpc) is 2.94. The first kappa shape index (κ1) is 16.7. The lowest BCUT2D eigenvalue weighted by molar-refractivity contribution is 0.160. The zero-order valence-electron chi connectivity index (χ0n) is 14.1. The van der Waals surface area contributed by atoms with Crippen molar-refractivity contribution in [2.45, 2.75) is 70.5 Å². The van der Waals surface area contributed by atoms with Crippen LogP contribution in [0.5, 0.6) is 0 Å². The van der Waals surface area contributed by atoms with E-state index >= 15 is 0 Å². The van der Waals surface area contributed by atoms with E-state index in [0.717, 1.165) is 19.0 Å². The second-order valence-corrected chi connectivity index (χ2v) is 7.33. The van der Waals surface area contributed by atoms with Gasteiger partial charge in [0.05, 0.1) is 6.07 Å². The highest BCUT2D eigenvalue weighted by Crippen LogP contribution is 2.21. The van der Waals surface area contributed by atoms with Crippen molar-refractivity contribution in [3.8, 4) is 6.07 Å². The van der Waals surface area contributed by atoms with Gasteiger partial charge in [0.1, 0.15) is 5.54 Å². The van der Waals surface area contributed by atoms with Gasteiger partial charge in [0.2, 0.25) is 0 Å². The Bertz CT molecular complexity index is 356. The summed E-state index contributed by atoms with van der Waals surface area (Å²) in [5, 5.41) is 12.8. The van der Waals surface area contributed by atoms with Crippen LogP contribution in [0.3, 0.4) is 0 Å². The molecule has 2 rings (SSSR count). The Morgan fingerprint density at radius 1 is 1.24 bits per heavy atom. The number of nitrogens with zero attached hydrogens (tertiary/aromatic N) is 3. The fourth-order valence-electron chi connectivity index (χ4n) is 3.78. The van der Waals surface area contributed by atoms with Crippen LogP contribution in [0.15, 0.2) is 0 Å². The molecule has 0 amide bonds. The molecule has 0 aliphatic carbocycles. The zero-order chi connectivity index (χ0) is 15.3. The van der Waals surface area contributed by atoms with Crippen molar-refractivity contribution in [1.29, 1.82) is 5.26 Å². The van der Waals surface area contributed by atoms with Gasteiger partial charge in [-0.05, 0) is 66.1 Å². The number of hydrogen-bond donors (Lipinski definition) is 1. The van der Waals surface area contributed by atoms with E-state index in [1.54, 1.807) is 0 Å². The smallest absolute Gasteiger partial charge is 0.105 e. The van der Waals surface area contributed by atoms with E-state index in [4.69, 9.17) is 0 Å². The molecule has 0 radical (unpaired) electrons. The molecule has 2 aliphatic heterocycles. The summed E-state index contributed by atoms with van der Waals surface area (Å²) in [5.74, 6) is 0. The molecule has 4 heteroatoms. The first-order valence-corrected chi connectivity index (χ1v) is 8.68. The largest absolute Gasteiger partial charge is 0.302 e. The van der Waals surface area contributed by atoms with Crippen LogP contribution in [-0.2, 0) is 0 Å². The molecule has 0 spiro atoms. The van der Waals surface area contributed by atoms with Gasteiger partial charge >= 0.3 is 0 Å². The van der Waals surface area contributed by atoms with Crippen molar-refractivity contribution >= 4 is 0 Å². The van der Waals surface area contributed by atoms with E-state index in [1.807, 2.05) is 6.92 Å². The maximum Gasteiger partial charge on any atom is 0.105 e. The minimum Gasteiger partial charge on any atom is -0.302 e. The van der Waals surface area contributed by atoms with E-state index in [-0.39, 0.29) is 0 Å². The van der Waals surface area contributed by atoms with Crippen molar-refractivity contribution in [3.63, 3.8) is 0 Å². The van der Waals surface area contributed by atoms with Gasteiger partial charge in [-0.2, -0.15) is 5.26 Å². The van der Waals surface area contributed by atoms with E-state index in [1.165, 1.54) is 51.9 Å². The normalized spacial score (nSPS) is 27.7. The van der Waals surface area contributed by atoms with Gasteiger partial charge in [-0.25, -0.2) is 0 Å². The highest BCUT2D eigenvalue weighted by molar-refractivity contribution is 5.05. The predicted octanol–water partition coefficient (Wildman–Crippen LogP) is 2.22. The Morgan fingerprint density at radius 2 is 1.95 bits per heavy atom. The van der Waals surface area contributed by atoms with E-state index < -0.39 is 5.54 Å². The first-order chi connectivity index (χ1) is 10.0. The molecule has 0 bridgehead atoms. The lowest BCUT2D eigenvalue weighted by atomic mass is 9.98. The summed E-state index contributed by atoms with van der Waals surface area (Å²) in [6, 6.07) is 3.58. The highest BCUT2D eigenvalue weighted by Gasteiger charge is 2.30. The summed E-state index contributed by atoms with van der Waals surface area (Å²) < 4.78 is 0. The molecule has 2 fully saturated rings. The van der Waals surface area contributed by atoms with Crippen molar-refractivity contribution in [2.75, 3.05) is 32.7 Å². The Balaban J connectivity index is 1.76. The van der Waals surface area contributed by atoms with E-state index in [9.17, 15) is 5.26 Å². The van der Waals surface area contributed by atoms with Gasteiger partial charge in [-0.1, -0.05) is 6.42 Å². The molecule has 0 aromatic rings. The SMILES string of the molecule is CC(C)NC(C)(C#N)CCN1CCC(N2CCCCC2)C1. The fraction of sp³-hybridized carbons (Fsp3) is 0.941. The second-order valence-electron chi connectivity index (χ2n) is 7.33. The highest BCUT2D eigenvalue weighted by atomic mass is 15.3. The molecule has 1 N–H and O–H groups in total. The molecule has 2 heterocycles. The van der Waals surface area contributed by atoms with Crippen LogP contribution in [-0.4, -0.2) is 60.1 Å². The molecule has 21 heavy (non-hydrogen) atoms. The number of hydrogen-bond acceptors (Lipinski definition) is 4. The molecule has 2 saturated heterocycles. The van der Waals surface area contributed by atoms with E-state index in [0.29, 0.717) is 6.04 Å². The number of likely N-dealkylation sites (tertiary alicyclic amines) is 2. The van der Waals surface area contributed by atoms with Crippen molar-refractivity contribution in [1.82, 2.24) is 15.1 Å². The lowest BCUT2D eigenvalue weighted by Crippen LogP contribution is -2.47. The quantitative estimate of drug-likeness (QED) is 0.815. The molecule has 0 aromatic heterocycles. The standard InChI is InChI=1S/C17H32N4/c1-15(2)19-17(3,14-18)8-12-20-11-7-16(13-20)21-9-5-4-6-10-21/h15-16,19H,4-13H2,1-3H3. The Kier molecular flexibility index (Phi) is 6.04. The van der Waals surface area contributed by atoms with E-state index in [2.05, 4.69) is 35.0 Å². The third-order valence-electron chi connectivity index (χ3n) is 4.94.